The molecule has 38 heavy (non-hydrogen) atoms. The van der Waals surface area contributed by atoms with Crippen LogP contribution in [0.25, 0.3) is 0 Å². The van der Waals surface area contributed by atoms with Gasteiger partial charge in [0.15, 0.2) is 0 Å². The number of rotatable bonds is 10. The Kier molecular flexibility index (Phi) is 9.92. The van der Waals surface area contributed by atoms with E-state index < -0.39 is 0 Å². The summed E-state index contributed by atoms with van der Waals surface area (Å²) in [7, 11) is 7.57. The van der Waals surface area contributed by atoms with Crippen LogP contribution in [0.15, 0.2) is 48.7 Å². The molecule has 3 aromatic rings. The molecule has 202 valence electrons. The molecule has 0 aliphatic rings. The van der Waals surface area contributed by atoms with Crippen LogP contribution in [0.3, 0.4) is 0 Å². The van der Waals surface area contributed by atoms with E-state index >= 15 is 0 Å². The second kappa shape index (κ2) is 13.1. The molecule has 0 aliphatic heterocycles. The van der Waals surface area contributed by atoms with Crippen molar-refractivity contribution in [2.45, 2.75) is 20.4 Å². The van der Waals surface area contributed by atoms with E-state index in [0.29, 0.717) is 28.8 Å². The molecule has 3 amide bonds. The Balaban J connectivity index is 1.64. The fourth-order valence-electron chi connectivity index (χ4n) is 3.70. The molecule has 10 heteroatoms. The maximum atomic E-state index is 12.8. The van der Waals surface area contributed by atoms with Crippen LogP contribution in [0.4, 0.5) is 16.2 Å². The van der Waals surface area contributed by atoms with E-state index in [1.54, 1.807) is 19.2 Å². The zero-order valence-corrected chi connectivity index (χ0v) is 23.4. The zero-order chi connectivity index (χ0) is 27.8. The topological polar surface area (TPSA) is 98.8 Å². The highest BCUT2D eigenvalue weighted by atomic mass is 35.5. The van der Waals surface area contributed by atoms with Crippen LogP contribution in [0, 0.1) is 13.8 Å². The van der Waals surface area contributed by atoms with Crippen molar-refractivity contribution in [2.24, 2.45) is 0 Å². The lowest BCUT2D eigenvalue weighted by atomic mass is 10.1. The Bertz CT molecular complexity index is 1300. The van der Waals surface area contributed by atoms with Gasteiger partial charge in [0.05, 0.1) is 11.4 Å². The van der Waals surface area contributed by atoms with Gasteiger partial charge in [0.1, 0.15) is 17.2 Å². The number of benzene rings is 2. The number of ether oxygens (including phenoxy) is 1. The molecule has 0 atom stereocenters. The van der Waals surface area contributed by atoms with E-state index in [0.717, 1.165) is 35.5 Å². The van der Waals surface area contributed by atoms with Crippen molar-refractivity contribution in [3.8, 4) is 11.5 Å². The highest BCUT2D eigenvalue weighted by Gasteiger charge is 2.14. The Morgan fingerprint density at radius 3 is 2.45 bits per heavy atom. The van der Waals surface area contributed by atoms with Crippen molar-refractivity contribution in [1.82, 2.24) is 20.5 Å². The van der Waals surface area contributed by atoms with E-state index in [1.165, 1.54) is 6.20 Å². The summed E-state index contributed by atoms with van der Waals surface area (Å²) < 4.78 is 5.96. The molecule has 0 fully saturated rings. The Hall–Kier alpha value is -3.82. The van der Waals surface area contributed by atoms with Crippen molar-refractivity contribution < 1.29 is 14.3 Å². The highest BCUT2D eigenvalue weighted by molar-refractivity contribution is 6.31. The smallest absolute Gasteiger partial charge is 0.319 e. The molecule has 0 saturated heterocycles. The minimum atomic E-state index is -0.314. The molecule has 0 aliphatic carbocycles. The fourth-order valence-corrected chi connectivity index (χ4v) is 3.85. The van der Waals surface area contributed by atoms with Crippen molar-refractivity contribution in [3.05, 3.63) is 76.1 Å². The average molecular weight is 539 g/mol. The number of aromatic nitrogens is 1. The molecule has 0 spiro atoms. The first-order chi connectivity index (χ1) is 18.1. The number of amides is 3. The Morgan fingerprint density at radius 2 is 1.76 bits per heavy atom. The van der Waals surface area contributed by atoms with Crippen molar-refractivity contribution in [1.29, 1.82) is 0 Å². The normalized spacial score (nSPS) is 10.7. The minimum absolute atomic E-state index is 0.275. The molecule has 3 N–H and O–H groups in total. The van der Waals surface area contributed by atoms with Gasteiger partial charge < -0.3 is 30.5 Å². The predicted octanol–water partition coefficient (Wildman–Crippen LogP) is 4.82. The lowest BCUT2D eigenvalue weighted by Crippen LogP contribution is -2.31. The number of carbonyl (C=O) groups is 2. The van der Waals surface area contributed by atoms with E-state index in [1.807, 2.05) is 65.3 Å². The minimum Gasteiger partial charge on any atom is -0.457 e. The van der Waals surface area contributed by atoms with Crippen LogP contribution < -0.4 is 25.6 Å². The molecule has 9 nitrogen and oxygen atoms in total. The van der Waals surface area contributed by atoms with Gasteiger partial charge in [-0.3, -0.25) is 9.78 Å². The number of anilines is 2. The molecule has 1 aromatic heterocycles. The van der Waals surface area contributed by atoms with Gasteiger partial charge in [0, 0.05) is 51.0 Å². The Labute approximate surface area is 229 Å². The fraction of sp³-hybridized carbons (Fsp3) is 0.321. The lowest BCUT2D eigenvalue weighted by molar-refractivity contribution is 0.0958. The summed E-state index contributed by atoms with van der Waals surface area (Å²) in [6.45, 7) is 5.81. The maximum absolute atomic E-state index is 12.8. The highest BCUT2D eigenvalue weighted by Crippen LogP contribution is 2.31. The lowest BCUT2D eigenvalue weighted by Gasteiger charge is -2.25. The first kappa shape index (κ1) is 28.7. The first-order valence-corrected chi connectivity index (χ1v) is 12.6. The van der Waals surface area contributed by atoms with Crippen LogP contribution in [0.5, 0.6) is 11.5 Å². The largest absolute Gasteiger partial charge is 0.457 e. The molecule has 1 heterocycles. The van der Waals surface area contributed by atoms with Gasteiger partial charge in [-0.25, -0.2) is 4.79 Å². The maximum Gasteiger partial charge on any atom is 0.319 e. The summed E-state index contributed by atoms with van der Waals surface area (Å²) in [6, 6.07) is 12.4. The molecule has 3 rings (SSSR count). The molecule has 0 unspecified atom stereocenters. The van der Waals surface area contributed by atoms with Crippen LogP contribution in [-0.4, -0.2) is 63.1 Å². The van der Waals surface area contributed by atoms with E-state index in [2.05, 4.69) is 30.7 Å². The number of aryl methyl sites for hydroxylation is 2. The van der Waals surface area contributed by atoms with Gasteiger partial charge >= 0.3 is 6.03 Å². The van der Waals surface area contributed by atoms with Crippen LogP contribution in [0.1, 0.15) is 27.2 Å². The molecule has 0 saturated carbocycles. The monoisotopic (exact) mass is 538 g/mol. The third kappa shape index (κ3) is 7.84. The van der Waals surface area contributed by atoms with Gasteiger partial charge in [-0.15, -0.1) is 0 Å². The number of halogens is 1. The number of nitrogens with one attached hydrogen (secondary N) is 3. The summed E-state index contributed by atoms with van der Waals surface area (Å²) in [4.78, 5) is 32.8. The van der Waals surface area contributed by atoms with Gasteiger partial charge in [0.25, 0.3) is 5.91 Å². The van der Waals surface area contributed by atoms with E-state index in [9.17, 15) is 9.59 Å². The number of carbonyl (C=O) groups excluding carboxylic acids is 2. The van der Waals surface area contributed by atoms with Gasteiger partial charge in [0.2, 0.25) is 0 Å². The number of hydrogen-bond acceptors (Lipinski definition) is 6. The van der Waals surface area contributed by atoms with Gasteiger partial charge in [-0.2, -0.15) is 0 Å². The molecule has 0 bridgehead atoms. The second-order valence-electron chi connectivity index (χ2n) is 9.31. The summed E-state index contributed by atoms with van der Waals surface area (Å²) >= 11 is 6.38. The number of likely N-dealkylation sites (N-methyl/N-ethyl adjacent to an activating group) is 2. The SMILES string of the molecule is CNC(=O)c1cc(Oc2ccc(CNC(=O)Nc3cc(C)c(Cl)cc3N(C)CCN(C)C)cc2C)ccn1. The quantitative estimate of drug-likeness (QED) is 0.342. The van der Waals surface area contributed by atoms with Gasteiger partial charge in [-0.05, 0) is 68.9 Å². The number of pyridine rings is 1. The van der Waals surface area contributed by atoms with Crippen LogP contribution in [-0.2, 0) is 6.54 Å². The van der Waals surface area contributed by atoms with Crippen LogP contribution >= 0.6 is 11.6 Å². The number of urea groups is 1. The third-order valence-corrected chi connectivity index (χ3v) is 6.34. The molecule has 2 aromatic carbocycles. The summed E-state index contributed by atoms with van der Waals surface area (Å²) in [6.07, 6.45) is 1.53. The first-order valence-electron chi connectivity index (χ1n) is 12.2. The van der Waals surface area contributed by atoms with Crippen LogP contribution in [0.2, 0.25) is 5.02 Å². The number of hydrogen-bond donors (Lipinski definition) is 3. The Morgan fingerprint density at radius 1 is 1.00 bits per heavy atom. The molecule has 0 radical (unpaired) electrons. The predicted molar refractivity (Wildman–Crippen MR) is 153 cm³/mol. The standard InChI is InChI=1S/C28H35ClN6O3/c1-18-14-23(25(16-22(18)29)35(6)12-11-34(4)5)33-28(37)32-17-20-7-8-26(19(2)13-20)38-21-9-10-31-24(15-21)27(36)30-3/h7-10,13-16H,11-12,17H2,1-6H3,(H,30,36)(H2,32,33,37). The molecular weight excluding hydrogens is 504 g/mol. The van der Waals surface area contributed by atoms with Gasteiger partial charge in [-0.1, -0.05) is 23.7 Å². The summed E-state index contributed by atoms with van der Waals surface area (Å²) in [5.74, 6) is 0.874. The van der Waals surface area contributed by atoms with E-state index in [4.69, 9.17) is 16.3 Å². The van der Waals surface area contributed by atoms with E-state index in [-0.39, 0.29) is 17.6 Å². The van der Waals surface area contributed by atoms with Crippen molar-refractivity contribution in [3.63, 3.8) is 0 Å². The average Bonchev–Trinajstić information content (AvgIpc) is 2.89. The molecular formula is C28H35ClN6O3. The van der Waals surface area contributed by atoms with Crippen molar-refractivity contribution >= 4 is 34.9 Å². The second-order valence-corrected chi connectivity index (χ2v) is 9.72. The summed E-state index contributed by atoms with van der Waals surface area (Å²) in [5, 5.41) is 9.08. The summed E-state index contributed by atoms with van der Waals surface area (Å²) in [5.41, 5.74) is 4.51. The number of nitrogens with zero attached hydrogens (tertiary/aromatic N) is 3. The van der Waals surface area contributed by atoms with Crippen molar-refractivity contribution in [2.75, 3.05) is 51.5 Å². The third-order valence-electron chi connectivity index (χ3n) is 5.93. The zero-order valence-electron chi connectivity index (χ0n) is 22.7.